The standard InChI is InChI=1S/C25H24ClN3O5S/c1-14-20(34-5)12-16(13-27-14)29-23(30)21-18(26)10-11-19(22(21)24(29)31)28-35(32,33)17-8-6-15(7-9-17)25(2,3)4/h6-13,28H,1-5H3. The van der Waals surface area contributed by atoms with E-state index in [1.807, 2.05) is 20.8 Å². The number of imide groups is 1. The number of hydrogen-bond donors (Lipinski definition) is 1. The van der Waals surface area contributed by atoms with Crippen LogP contribution in [0.5, 0.6) is 5.75 Å². The number of ether oxygens (including phenoxy) is 1. The highest BCUT2D eigenvalue weighted by atomic mass is 35.5. The normalized spacial score (nSPS) is 13.7. The maximum Gasteiger partial charge on any atom is 0.268 e. The van der Waals surface area contributed by atoms with Gasteiger partial charge < -0.3 is 4.74 Å². The summed E-state index contributed by atoms with van der Waals surface area (Å²) in [6.07, 6.45) is 1.37. The van der Waals surface area contributed by atoms with Crippen molar-refractivity contribution in [3.63, 3.8) is 0 Å². The second-order valence-electron chi connectivity index (χ2n) is 9.15. The first kappa shape index (κ1) is 24.7. The molecule has 8 nitrogen and oxygen atoms in total. The molecule has 0 saturated heterocycles. The minimum absolute atomic E-state index is 0.0234. The zero-order chi connectivity index (χ0) is 25.7. The van der Waals surface area contributed by atoms with E-state index in [1.165, 1.54) is 43.6 Å². The third kappa shape index (κ3) is 4.37. The maximum absolute atomic E-state index is 13.4. The Kier molecular flexibility index (Phi) is 6.11. The number of aryl methyl sites for hydroxylation is 1. The number of fused-ring (bicyclic) bond motifs is 1. The van der Waals surface area contributed by atoms with Crippen LogP contribution in [0.15, 0.2) is 53.6 Å². The molecule has 0 fully saturated rings. The number of nitrogens with zero attached hydrogens (tertiary/aromatic N) is 2. The maximum atomic E-state index is 13.4. The Labute approximate surface area is 208 Å². The van der Waals surface area contributed by atoms with E-state index in [2.05, 4.69) is 9.71 Å². The van der Waals surface area contributed by atoms with Gasteiger partial charge in [0.05, 0.1) is 51.4 Å². The van der Waals surface area contributed by atoms with Crippen LogP contribution in [0.2, 0.25) is 5.02 Å². The van der Waals surface area contributed by atoms with E-state index in [0.717, 1.165) is 10.5 Å². The molecule has 1 aliphatic rings. The number of carbonyl (C=O) groups excluding carboxylic acids is 2. The van der Waals surface area contributed by atoms with Crippen molar-refractivity contribution >= 4 is 44.8 Å². The molecule has 2 amide bonds. The number of rotatable bonds is 5. The molecule has 0 bridgehead atoms. The van der Waals surface area contributed by atoms with Crippen molar-refractivity contribution in [1.82, 2.24) is 4.98 Å². The minimum Gasteiger partial charge on any atom is -0.495 e. The van der Waals surface area contributed by atoms with Crippen LogP contribution < -0.4 is 14.4 Å². The molecule has 2 heterocycles. The lowest BCUT2D eigenvalue weighted by Crippen LogP contribution is -2.29. The van der Waals surface area contributed by atoms with Crippen molar-refractivity contribution in [2.24, 2.45) is 0 Å². The summed E-state index contributed by atoms with van der Waals surface area (Å²) >= 11 is 6.27. The van der Waals surface area contributed by atoms with E-state index in [-0.39, 0.29) is 37.8 Å². The monoisotopic (exact) mass is 513 g/mol. The Hall–Kier alpha value is -3.43. The second-order valence-corrected chi connectivity index (χ2v) is 11.2. The van der Waals surface area contributed by atoms with Crippen LogP contribution in [0, 0.1) is 6.92 Å². The number of hydrogen-bond acceptors (Lipinski definition) is 6. The molecule has 0 spiro atoms. The first-order valence-corrected chi connectivity index (χ1v) is 12.6. The number of halogens is 1. The summed E-state index contributed by atoms with van der Waals surface area (Å²) in [4.78, 5) is 31.7. The van der Waals surface area contributed by atoms with Crippen molar-refractivity contribution < 1.29 is 22.7 Å². The van der Waals surface area contributed by atoms with Gasteiger partial charge in [0.15, 0.2) is 0 Å². The third-order valence-electron chi connectivity index (χ3n) is 5.77. The summed E-state index contributed by atoms with van der Waals surface area (Å²) in [5.41, 5.74) is 1.34. The highest BCUT2D eigenvalue weighted by molar-refractivity contribution is 7.92. The number of sulfonamides is 1. The average Bonchev–Trinajstić information content (AvgIpc) is 3.07. The predicted octanol–water partition coefficient (Wildman–Crippen LogP) is 4.95. The number of methoxy groups -OCH3 is 1. The Bertz CT molecular complexity index is 1460. The Morgan fingerprint density at radius 3 is 2.23 bits per heavy atom. The number of anilines is 2. The number of aromatic nitrogens is 1. The van der Waals surface area contributed by atoms with Crippen LogP contribution in [0.3, 0.4) is 0 Å². The number of amides is 2. The van der Waals surface area contributed by atoms with Gasteiger partial charge >= 0.3 is 0 Å². The van der Waals surface area contributed by atoms with E-state index in [0.29, 0.717) is 11.4 Å². The van der Waals surface area contributed by atoms with Gasteiger partial charge in [-0.3, -0.25) is 19.3 Å². The van der Waals surface area contributed by atoms with Crippen LogP contribution in [-0.2, 0) is 15.4 Å². The first-order chi connectivity index (χ1) is 16.3. The Balaban J connectivity index is 1.74. The Morgan fingerprint density at radius 2 is 1.63 bits per heavy atom. The molecule has 0 atom stereocenters. The molecule has 2 aromatic carbocycles. The zero-order valence-corrected chi connectivity index (χ0v) is 21.4. The van der Waals surface area contributed by atoms with Gasteiger partial charge in [-0.2, -0.15) is 0 Å². The van der Waals surface area contributed by atoms with Crippen molar-refractivity contribution in [2.45, 2.75) is 38.0 Å². The molecule has 0 aliphatic carbocycles. The van der Waals surface area contributed by atoms with Gasteiger partial charge in [-0.1, -0.05) is 44.5 Å². The summed E-state index contributed by atoms with van der Waals surface area (Å²) in [6.45, 7) is 7.81. The SMILES string of the molecule is COc1cc(N2C(=O)c3c(Cl)ccc(NS(=O)(=O)c4ccc(C(C)(C)C)cc4)c3C2=O)cnc1C. The number of pyridine rings is 1. The largest absolute Gasteiger partial charge is 0.495 e. The second kappa shape index (κ2) is 8.66. The molecule has 0 saturated carbocycles. The van der Waals surface area contributed by atoms with Crippen LogP contribution in [0.1, 0.15) is 52.7 Å². The smallest absolute Gasteiger partial charge is 0.268 e. The average molecular weight is 514 g/mol. The number of benzene rings is 2. The molecule has 182 valence electrons. The van der Waals surface area contributed by atoms with Gasteiger partial charge in [0, 0.05) is 6.07 Å². The van der Waals surface area contributed by atoms with Gasteiger partial charge in [0.25, 0.3) is 21.8 Å². The highest BCUT2D eigenvalue weighted by Crippen LogP contribution is 2.38. The lowest BCUT2D eigenvalue weighted by molar-refractivity contribution is 0.0926. The molecule has 1 N–H and O–H groups in total. The van der Waals surface area contributed by atoms with Gasteiger partial charge in [-0.05, 0) is 42.2 Å². The lowest BCUT2D eigenvalue weighted by atomic mass is 9.87. The van der Waals surface area contributed by atoms with E-state index in [1.54, 1.807) is 19.1 Å². The van der Waals surface area contributed by atoms with E-state index in [4.69, 9.17) is 16.3 Å². The molecule has 4 rings (SSSR count). The quantitative estimate of drug-likeness (QED) is 0.484. The molecule has 10 heteroatoms. The fourth-order valence-corrected chi connectivity index (χ4v) is 5.12. The highest BCUT2D eigenvalue weighted by Gasteiger charge is 2.41. The van der Waals surface area contributed by atoms with Crippen LogP contribution in [0.25, 0.3) is 0 Å². The van der Waals surface area contributed by atoms with Crippen LogP contribution in [-0.4, -0.2) is 32.3 Å². The summed E-state index contributed by atoms with van der Waals surface area (Å²) < 4.78 is 34.0. The van der Waals surface area contributed by atoms with Crippen molar-refractivity contribution in [1.29, 1.82) is 0 Å². The van der Waals surface area contributed by atoms with Crippen molar-refractivity contribution in [3.8, 4) is 5.75 Å². The minimum atomic E-state index is -4.06. The molecular weight excluding hydrogens is 490 g/mol. The fourth-order valence-electron chi connectivity index (χ4n) is 3.81. The van der Waals surface area contributed by atoms with Gasteiger partial charge in [-0.25, -0.2) is 13.3 Å². The van der Waals surface area contributed by atoms with Crippen molar-refractivity contribution in [2.75, 3.05) is 16.7 Å². The number of nitrogens with one attached hydrogen (secondary N) is 1. The fraction of sp³-hybridized carbons (Fsp3) is 0.240. The molecule has 1 aliphatic heterocycles. The van der Waals surface area contributed by atoms with E-state index < -0.39 is 21.8 Å². The molecular formula is C25H24ClN3O5S. The van der Waals surface area contributed by atoms with Crippen LogP contribution >= 0.6 is 11.6 Å². The summed E-state index contributed by atoms with van der Waals surface area (Å²) in [5.74, 6) is -1.01. The summed E-state index contributed by atoms with van der Waals surface area (Å²) in [7, 11) is -2.60. The summed E-state index contributed by atoms with van der Waals surface area (Å²) in [6, 6.07) is 10.8. The zero-order valence-electron chi connectivity index (χ0n) is 19.8. The van der Waals surface area contributed by atoms with Gasteiger partial charge in [-0.15, -0.1) is 0 Å². The first-order valence-electron chi connectivity index (χ1n) is 10.7. The third-order valence-corrected chi connectivity index (χ3v) is 7.46. The molecule has 1 aromatic heterocycles. The lowest BCUT2D eigenvalue weighted by Gasteiger charge is -2.19. The van der Waals surface area contributed by atoms with Crippen LogP contribution in [0.4, 0.5) is 11.4 Å². The Morgan fingerprint density at radius 1 is 1.00 bits per heavy atom. The molecule has 0 unspecified atom stereocenters. The van der Waals surface area contributed by atoms with E-state index in [9.17, 15) is 18.0 Å². The van der Waals surface area contributed by atoms with Gasteiger partial charge in [0.1, 0.15) is 5.75 Å². The topological polar surface area (TPSA) is 106 Å². The molecule has 0 radical (unpaired) electrons. The van der Waals surface area contributed by atoms with Gasteiger partial charge in [0.2, 0.25) is 0 Å². The van der Waals surface area contributed by atoms with Crippen molar-refractivity contribution in [3.05, 3.63) is 76.1 Å². The molecule has 3 aromatic rings. The number of carbonyl (C=O) groups is 2. The van der Waals surface area contributed by atoms with E-state index >= 15 is 0 Å². The predicted molar refractivity (Wildman–Crippen MR) is 134 cm³/mol. The molecule has 35 heavy (non-hydrogen) atoms. The summed E-state index contributed by atoms with van der Waals surface area (Å²) in [5, 5.41) is 0.0327.